The average Bonchev–Trinajstić information content (AvgIpc) is 2.43. The maximum absolute atomic E-state index is 10.8. The summed E-state index contributed by atoms with van der Waals surface area (Å²) in [5.74, 6) is 6.30. The third kappa shape index (κ3) is 5.94. The van der Waals surface area contributed by atoms with E-state index in [-0.39, 0.29) is 5.69 Å². The molecule has 0 fully saturated rings. The molecule has 0 unspecified atom stereocenters. The zero-order valence-electron chi connectivity index (χ0n) is 12.3. The molecule has 0 aromatic heterocycles. The van der Waals surface area contributed by atoms with Gasteiger partial charge in [0.05, 0.1) is 22.1 Å². The lowest BCUT2D eigenvalue weighted by atomic mass is 10.2. The van der Waals surface area contributed by atoms with Crippen molar-refractivity contribution in [2.75, 3.05) is 6.61 Å². The van der Waals surface area contributed by atoms with E-state index in [2.05, 4.69) is 11.8 Å². The van der Waals surface area contributed by atoms with Gasteiger partial charge in [0.2, 0.25) is 0 Å². The summed E-state index contributed by atoms with van der Waals surface area (Å²) in [5, 5.41) is 11.1. The summed E-state index contributed by atoms with van der Waals surface area (Å²) in [5.41, 5.74) is 0.449. The monoisotopic (exact) mass is 297 g/mol. The highest BCUT2D eigenvalue weighted by molar-refractivity contribution is 6.31. The van der Waals surface area contributed by atoms with Gasteiger partial charge in [-0.15, -0.1) is 5.92 Å². The second kappa shape index (κ2) is 10.1. The van der Waals surface area contributed by atoms with Crippen molar-refractivity contribution in [2.45, 2.75) is 40.5 Å². The molecule has 0 aliphatic carbocycles. The Morgan fingerprint density at radius 3 is 2.55 bits per heavy atom. The number of nitrogens with zero attached hydrogens (tertiary/aromatic N) is 1. The summed E-state index contributed by atoms with van der Waals surface area (Å²) in [7, 11) is 0. The van der Waals surface area contributed by atoms with E-state index in [1.54, 1.807) is 13.0 Å². The molecule has 5 heteroatoms. The number of benzene rings is 1. The van der Waals surface area contributed by atoms with Gasteiger partial charge in [0.15, 0.2) is 0 Å². The molecule has 0 spiro atoms. The van der Waals surface area contributed by atoms with Gasteiger partial charge in [0.1, 0.15) is 5.75 Å². The van der Waals surface area contributed by atoms with Gasteiger partial charge >= 0.3 is 0 Å². The van der Waals surface area contributed by atoms with Gasteiger partial charge in [-0.25, -0.2) is 0 Å². The van der Waals surface area contributed by atoms with E-state index < -0.39 is 4.92 Å². The third-order valence-electron chi connectivity index (χ3n) is 2.28. The van der Waals surface area contributed by atoms with Crippen LogP contribution in [0.2, 0.25) is 5.02 Å². The maximum atomic E-state index is 10.8. The topological polar surface area (TPSA) is 52.4 Å². The summed E-state index contributed by atoms with van der Waals surface area (Å²) in [6, 6.07) is 2.90. The SMILES string of the molecule is CC.CCC#CCCOc1cc(Cl)cc([N+](=O)[O-])c1C. The van der Waals surface area contributed by atoms with E-state index >= 15 is 0 Å². The van der Waals surface area contributed by atoms with Crippen molar-refractivity contribution >= 4 is 17.3 Å². The van der Waals surface area contributed by atoms with Crippen molar-refractivity contribution in [3.05, 3.63) is 32.8 Å². The summed E-state index contributed by atoms with van der Waals surface area (Å²) in [4.78, 5) is 10.3. The van der Waals surface area contributed by atoms with Crippen LogP contribution in [0.1, 0.15) is 39.2 Å². The Bertz CT molecular complexity index is 504. The number of ether oxygens (including phenoxy) is 1. The second-order valence-electron chi connectivity index (χ2n) is 3.61. The van der Waals surface area contributed by atoms with Crippen LogP contribution in [-0.4, -0.2) is 11.5 Å². The average molecular weight is 298 g/mol. The number of nitro groups is 1. The molecule has 0 saturated heterocycles. The van der Waals surface area contributed by atoms with Gasteiger partial charge in [-0.3, -0.25) is 10.1 Å². The normalized spacial score (nSPS) is 8.85. The fourth-order valence-electron chi connectivity index (χ4n) is 1.41. The molecule has 1 rings (SSSR count). The molecule has 0 N–H and O–H groups in total. The first kappa shape index (κ1) is 18.3. The molecule has 4 nitrogen and oxygen atoms in total. The minimum atomic E-state index is -0.467. The smallest absolute Gasteiger partial charge is 0.277 e. The van der Waals surface area contributed by atoms with Crippen LogP contribution in [0.5, 0.6) is 5.75 Å². The van der Waals surface area contributed by atoms with Crippen LogP contribution in [0.3, 0.4) is 0 Å². The molecule has 0 radical (unpaired) electrons. The van der Waals surface area contributed by atoms with E-state index in [4.69, 9.17) is 16.3 Å². The molecule has 0 aliphatic heterocycles. The van der Waals surface area contributed by atoms with Crippen LogP contribution in [0.15, 0.2) is 12.1 Å². The van der Waals surface area contributed by atoms with Gasteiger partial charge in [0.25, 0.3) is 5.69 Å². The van der Waals surface area contributed by atoms with Crippen LogP contribution in [0.4, 0.5) is 5.69 Å². The molecule has 0 bridgehead atoms. The van der Waals surface area contributed by atoms with Crippen LogP contribution in [0, 0.1) is 28.9 Å². The lowest BCUT2D eigenvalue weighted by molar-refractivity contribution is -0.385. The van der Waals surface area contributed by atoms with Crippen molar-refractivity contribution in [1.82, 2.24) is 0 Å². The molecule has 0 heterocycles. The van der Waals surface area contributed by atoms with Gasteiger partial charge in [0, 0.05) is 18.9 Å². The lowest BCUT2D eigenvalue weighted by Crippen LogP contribution is -2.00. The molecule has 0 amide bonds. The quantitative estimate of drug-likeness (QED) is 0.348. The predicted octanol–water partition coefficient (Wildman–Crippen LogP) is 4.77. The number of hydrogen-bond acceptors (Lipinski definition) is 3. The largest absolute Gasteiger partial charge is 0.492 e. The Labute approximate surface area is 125 Å². The molecule has 0 aliphatic rings. The molecular formula is C15H20ClNO3. The summed E-state index contributed by atoms with van der Waals surface area (Å²) in [6.45, 7) is 8.01. The van der Waals surface area contributed by atoms with Crippen molar-refractivity contribution in [2.24, 2.45) is 0 Å². The first-order valence-electron chi connectivity index (χ1n) is 6.59. The molecule has 20 heavy (non-hydrogen) atoms. The van der Waals surface area contributed by atoms with E-state index in [0.717, 1.165) is 6.42 Å². The molecule has 1 aromatic carbocycles. The zero-order valence-corrected chi connectivity index (χ0v) is 13.1. The summed E-state index contributed by atoms with van der Waals surface area (Å²) < 4.78 is 5.46. The highest BCUT2D eigenvalue weighted by atomic mass is 35.5. The van der Waals surface area contributed by atoms with Crippen molar-refractivity contribution in [1.29, 1.82) is 0 Å². The number of nitro benzene ring substituents is 1. The van der Waals surface area contributed by atoms with Crippen LogP contribution in [0.25, 0.3) is 0 Å². The Kier molecular flexibility index (Phi) is 9.23. The molecule has 0 atom stereocenters. The molecular weight excluding hydrogens is 278 g/mol. The van der Waals surface area contributed by atoms with Crippen LogP contribution < -0.4 is 4.74 Å². The van der Waals surface area contributed by atoms with E-state index in [9.17, 15) is 10.1 Å². The Balaban J connectivity index is 0.00000172. The highest BCUT2D eigenvalue weighted by Crippen LogP contribution is 2.31. The summed E-state index contributed by atoms with van der Waals surface area (Å²) >= 11 is 5.82. The van der Waals surface area contributed by atoms with Crippen molar-refractivity contribution in [3.63, 3.8) is 0 Å². The molecule has 0 saturated carbocycles. The van der Waals surface area contributed by atoms with Crippen LogP contribution >= 0.6 is 11.6 Å². The number of hydrogen-bond donors (Lipinski definition) is 0. The first-order valence-corrected chi connectivity index (χ1v) is 6.97. The van der Waals surface area contributed by atoms with Gasteiger partial charge in [-0.1, -0.05) is 38.3 Å². The van der Waals surface area contributed by atoms with E-state index in [1.807, 2.05) is 20.8 Å². The minimum Gasteiger partial charge on any atom is -0.492 e. The Morgan fingerprint density at radius 2 is 2.00 bits per heavy atom. The second-order valence-corrected chi connectivity index (χ2v) is 4.05. The fourth-order valence-corrected chi connectivity index (χ4v) is 1.61. The maximum Gasteiger partial charge on any atom is 0.277 e. The number of halogens is 1. The predicted molar refractivity (Wildman–Crippen MR) is 82.4 cm³/mol. The van der Waals surface area contributed by atoms with Gasteiger partial charge in [-0.2, -0.15) is 0 Å². The van der Waals surface area contributed by atoms with E-state index in [1.165, 1.54) is 6.07 Å². The third-order valence-corrected chi connectivity index (χ3v) is 2.50. The standard InChI is InChI=1S/C13H14ClNO3.C2H6/c1-3-4-5-6-7-18-13-9-11(14)8-12(10(13)2)15(16)17;1-2/h8-9H,3,6-7H2,1-2H3;1-2H3. The van der Waals surface area contributed by atoms with Crippen molar-refractivity contribution in [3.8, 4) is 17.6 Å². The minimum absolute atomic E-state index is 0.0304. The number of rotatable bonds is 4. The Morgan fingerprint density at radius 1 is 1.35 bits per heavy atom. The first-order chi connectivity index (χ1) is 9.56. The van der Waals surface area contributed by atoms with E-state index in [0.29, 0.717) is 29.4 Å². The van der Waals surface area contributed by atoms with Gasteiger partial charge in [-0.05, 0) is 13.0 Å². The summed E-state index contributed by atoms with van der Waals surface area (Å²) in [6.07, 6.45) is 1.40. The zero-order chi connectivity index (χ0) is 15.5. The van der Waals surface area contributed by atoms with Crippen LogP contribution in [-0.2, 0) is 0 Å². The fraction of sp³-hybridized carbons (Fsp3) is 0.467. The van der Waals surface area contributed by atoms with Gasteiger partial charge < -0.3 is 4.74 Å². The lowest BCUT2D eigenvalue weighted by Gasteiger charge is -2.08. The highest BCUT2D eigenvalue weighted by Gasteiger charge is 2.16. The van der Waals surface area contributed by atoms with Crippen molar-refractivity contribution < 1.29 is 9.66 Å². The Hall–Kier alpha value is -1.73. The molecule has 110 valence electrons. The molecule has 1 aromatic rings.